The Morgan fingerprint density at radius 3 is 2.79 bits per heavy atom. The molecule has 1 aromatic rings. The monoisotopic (exact) mass is 197 g/mol. The third-order valence-corrected chi connectivity index (χ3v) is 1.86. The number of benzene rings is 1. The lowest BCUT2D eigenvalue weighted by molar-refractivity contribution is 0.0994. The van der Waals surface area contributed by atoms with Gasteiger partial charge in [0.05, 0.1) is 11.7 Å². The van der Waals surface area contributed by atoms with Crippen LogP contribution in [0.2, 0.25) is 0 Å². The third-order valence-electron chi connectivity index (χ3n) is 1.86. The van der Waals surface area contributed by atoms with E-state index in [0.717, 1.165) is 0 Å². The predicted molar refractivity (Wildman–Crippen MR) is 50.3 cm³/mol. The zero-order valence-electron chi connectivity index (χ0n) is 7.83. The Labute approximate surface area is 81.4 Å². The van der Waals surface area contributed by atoms with E-state index in [-0.39, 0.29) is 12.0 Å². The number of rotatable bonds is 3. The predicted octanol–water partition coefficient (Wildman–Crippen LogP) is 0.848. The fourth-order valence-corrected chi connectivity index (χ4v) is 1.33. The minimum absolute atomic E-state index is 0.131. The molecule has 0 aliphatic carbocycles. The van der Waals surface area contributed by atoms with E-state index in [2.05, 4.69) is 0 Å². The van der Waals surface area contributed by atoms with Gasteiger partial charge in [0.1, 0.15) is 5.82 Å². The highest BCUT2D eigenvalue weighted by Crippen LogP contribution is 2.14. The van der Waals surface area contributed by atoms with Crippen LogP contribution < -0.4 is 5.73 Å². The standard InChI is InChI=1S/C10H12FNO2/c1-6(13)5-7-3-2-4-8(11)9(7)10(12)14/h2-4,6,13H,5H2,1H3,(H2,12,14). The molecule has 0 aliphatic rings. The van der Waals surface area contributed by atoms with Crippen molar-refractivity contribution in [1.29, 1.82) is 0 Å². The number of hydrogen-bond donors (Lipinski definition) is 2. The first kappa shape index (κ1) is 10.7. The number of aliphatic hydroxyl groups is 1. The lowest BCUT2D eigenvalue weighted by Crippen LogP contribution is -2.18. The largest absolute Gasteiger partial charge is 0.393 e. The molecule has 3 N–H and O–H groups in total. The van der Waals surface area contributed by atoms with Gasteiger partial charge < -0.3 is 10.8 Å². The molecule has 0 aromatic heterocycles. The second-order valence-electron chi connectivity index (χ2n) is 3.19. The van der Waals surface area contributed by atoms with E-state index in [1.165, 1.54) is 12.1 Å². The minimum Gasteiger partial charge on any atom is -0.393 e. The second kappa shape index (κ2) is 4.19. The van der Waals surface area contributed by atoms with Gasteiger partial charge >= 0.3 is 0 Å². The Balaban J connectivity index is 3.14. The van der Waals surface area contributed by atoms with Gasteiger partial charge in [-0.05, 0) is 25.0 Å². The fourth-order valence-electron chi connectivity index (χ4n) is 1.33. The Kier molecular flexibility index (Phi) is 3.19. The van der Waals surface area contributed by atoms with Crippen molar-refractivity contribution in [3.05, 3.63) is 35.1 Å². The average Bonchev–Trinajstić information content (AvgIpc) is 2.01. The first-order valence-corrected chi connectivity index (χ1v) is 4.27. The van der Waals surface area contributed by atoms with E-state index in [1.807, 2.05) is 0 Å². The van der Waals surface area contributed by atoms with Gasteiger partial charge in [-0.25, -0.2) is 4.39 Å². The van der Waals surface area contributed by atoms with Crippen molar-refractivity contribution in [2.24, 2.45) is 5.73 Å². The highest BCUT2D eigenvalue weighted by molar-refractivity contribution is 5.94. The van der Waals surface area contributed by atoms with Crippen molar-refractivity contribution < 1.29 is 14.3 Å². The first-order valence-electron chi connectivity index (χ1n) is 4.27. The lowest BCUT2D eigenvalue weighted by Gasteiger charge is -2.08. The lowest BCUT2D eigenvalue weighted by atomic mass is 10.0. The number of nitrogens with two attached hydrogens (primary N) is 1. The summed E-state index contributed by atoms with van der Waals surface area (Å²) >= 11 is 0. The normalized spacial score (nSPS) is 12.5. The number of carbonyl (C=O) groups excluding carboxylic acids is 1. The summed E-state index contributed by atoms with van der Waals surface area (Å²) < 4.78 is 13.2. The smallest absolute Gasteiger partial charge is 0.251 e. The van der Waals surface area contributed by atoms with Crippen LogP contribution in [0, 0.1) is 5.82 Å². The van der Waals surface area contributed by atoms with Crippen LogP contribution in [0.4, 0.5) is 4.39 Å². The molecule has 0 radical (unpaired) electrons. The van der Waals surface area contributed by atoms with Gasteiger partial charge in [0, 0.05) is 0 Å². The van der Waals surface area contributed by atoms with Crippen LogP contribution in [0.25, 0.3) is 0 Å². The molecule has 76 valence electrons. The molecule has 0 fully saturated rings. The van der Waals surface area contributed by atoms with Crippen molar-refractivity contribution in [3.8, 4) is 0 Å². The Hall–Kier alpha value is -1.42. The first-order chi connectivity index (χ1) is 6.52. The quantitative estimate of drug-likeness (QED) is 0.754. The molecule has 0 spiro atoms. The van der Waals surface area contributed by atoms with Crippen LogP contribution in [0.3, 0.4) is 0 Å². The van der Waals surface area contributed by atoms with E-state index in [9.17, 15) is 9.18 Å². The molecule has 1 amide bonds. The van der Waals surface area contributed by atoms with Crippen molar-refractivity contribution in [3.63, 3.8) is 0 Å². The van der Waals surface area contributed by atoms with Crippen molar-refractivity contribution in [1.82, 2.24) is 0 Å². The Bertz CT molecular complexity index is 350. The molecule has 4 heteroatoms. The summed E-state index contributed by atoms with van der Waals surface area (Å²) in [7, 11) is 0. The maximum absolute atomic E-state index is 13.2. The van der Waals surface area contributed by atoms with Crippen LogP contribution in [0.1, 0.15) is 22.8 Å². The molecular formula is C10H12FNO2. The summed E-state index contributed by atoms with van der Waals surface area (Å²) in [5.41, 5.74) is 5.34. The van der Waals surface area contributed by atoms with Gasteiger partial charge in [-0.2, -0.15) is 0 Å². The van der Waals surface area contributed by atoms with Crippen molar-refractivity contribution in [2.45, 2.75) is 19.4 Å². The Morgan fingerprint density at radius 1 is 1.64 bits per heavy atom. The summed E-state index contributed by atoms with van der Waals surface area (Å²) in [4.78, 5) is 10.9. The van der Waals surface area contributed by atoms with Crippen LogP contribution in [0.15, 0.2) is 18.2 Å². The van der Waals surface area contributed by atoms with Gasteiger partial charge in [0.2, 0.25) is 0 Å². The molecule has 0 aliphatic heterocycles. The topological polar surface area (TPSA) is 63.3 Å². The van der Waals surface area contributed by atoms with Crippen LogP contribution in [0.5, 0.6) is 0 Å². The Morgan fingerprint density at radius 2 is 2.29 bits per heavy atom. The molecule has 0 heterocycles. The van der Waals surface area contributed by atoms with E-state index >= 15 is 0 Å². The number of primary amides is 1. The third kappa shape index (κ3) is 2.29. The molecule has 0 saturated carbocycles. The number of aliphatic hydroxyl groups excluding tert-OH is 1. The molecule has 1 atom stereocenters. The van der Waals surface area contributed by atoms with Crippen LogP contribution in [-0.4, -0.2) is 17.1 Å². The summed E-state index contributed by atoms with van der Waals surface area (Å²) in [6.45, 7) is 1.57. The van der Waals surface area contributed by atoms with Crippen LogP contribution >= 0.6 is 0 Å². The van der Waals surface area contributed by atoms with E-state index < -0.39 is 17.8 Å². The van der Waals surface area contributed by atoms with Crippen molar-refractivity contribution >= 4 is 5.91 Å². The number of amides is 1. The molecular weight excluding hydrogens is 185 g/mol. The molecule has 3 nitrogen and oxygen atoms in total. The van der Waals surface area contributed by atoms with E-state index in [1.54, 1.807) is 13.0 Å². The molecule has 14 heavy (non-hydrogen) atoms. The van der Waals surface area contributed by atoms with Gasteiger partial charge in [-0.15, -0.1) is 0 Å². The molecule has 0 bridgehead atoms. The average molecular weight is 197 g/mol. The summed E-state index contributed by atoms with van der Waals surface area (Å²) in [5, 5.41) is 9.13. The molecule has 1 aromatic carbocycles. The summed E-state index contributed by atoms with van der Waals surface area (Å²) in [6, 6.07) is 4.24. The van der Waals surface area contributed by atoms with Gasteiger partial charge in [-0.3, -0.25) is 4.79 Å². The number of halogens is 1. The maximum Gasteiger partial charge on any atom is 0.251 e. The van der Waals surface area contributed by atoms with Crippen LogP contribution in [-0.2, 0) is 6.42 Å². The van der Waals surface area contributed by atoms with Crippen molar-refractivity contribution in [2.75, 3.05) is 0 Å². The minimum atomic E-state index is -0.807. The molecule has 0 saturated heterocycles. The highest BCUT2D eigenvalue weighted by atomic mass is 19.1. The van der Waals surface area contributed by atoms with E-state index in [4.69, 9.17) is 10.8 Å². The fraction of sp³-hybridized carbons (Fsp3) is 0.300. The zero-order chi connectivity index (χ0) is 10.7. The van der Waals surface area contributed by atoms with E-state index in [0.29, 0.717) is 5.56 Å². The molecule has 1 rings (SSSR count). The summed E-state index contributed by atoms with van der Waals surface area (Å²) in [6.07, 6.45) is -0.411. The SMILES string of the molecule is CC(O)Cc1cccc(F)c1C(N)=O. The highest BCUT2D eigenvalue weighted by Gasteiger charge is 2.14. The van der Waals surface area contributed by atoms with Gasteiger partial charge in [-0.1, -0.05) is 12.1 Å². The molecule has 1 unspecified atom stereocenters. The summed E-state index contributed by atoms with van der Waals surface area (Å²) in [5.74, 6) is -1.45. The van der Waals surface area contributed by atoms with Gasteiger partial charge in [0.25, 0.3) is 5.91 Å². The zero-order valence-corrected chi connectivity index (χ0v) is 7.83. The number of hydrogen-bond acceptors (Lipinski definition) is 2. The number of carbonyl (C=O) groups is 1. The maximum atomic E-state index is 13.2. The second-order valence-corrected chi connectivity index (χ2v) is 3.19. The van der Waals surface area contributed by atoms with Gasteiger partial charge in [0.15, 0.2) is 0 Å².